The molecule has 0 bridgehead atoms. The van der Waals surface area contributed by atoms with Gasteiger partial charge in [0.05, 0.1) is 17.0 Å². The Hall–Kier alpha value is -2.04. The molecule has 1 fully saturated rings. The van der Waals surface area contributed by atoms with E-state index in [4.69, 9.17) is 0 Å². The molecule has 1 aliphatic rings. The monoisotopic (exact) mass is 428 g/mol. The molecule has 0 aromatic heterocycles. The first-order valence-electron chi connectivity index (χ1n) is 9.74. The van der Waals surface area contributed by atoms with Crippen molar-refractivity contribution in [2.45, 2.75) is 38.1 Å². The third kappa shape index (κ3) is 6.48. The summed E-state index contributed by atoms with van der Waals surface area (Å²) < 4.78 is 41.5. The van der Waals surface area contributed by atoms with Gasteiger partial charge in [-0.15, -0.1) is 0 Å². The van der Waals surface area contributed by atoms with Crippen molar-refractivity contribution in [3.63, 3.8) is 0 Å². The van der Waals surface area contributed by atoms with Gasteiger partial charge in [-0.05, 0) is 45.4 Å². The summed E-state index contributed by atoms with van der Waals surface area (Å²) in [5, 5.41) is 2.74. The number of hydrogen-bond acceptors (Lipinski definition) is 5. The predicted octanol–water partition coefficient (Wildman–Crippen LogP) is 0.796. The lowest BCUT2D eigenvalue weighted by atomic mass is 10.2. The van der Waals surface area contributed by atoms with Gasteiger partial charge >= 0.3 is 0 Å². The van der Waals surface area contributed by atoms with Gasteiger partial charge in [0.2, 0.25) is 15.9 Å². The van der Waals surface area contributed by atoms with Gasteiger partial charge in [0.15, 0.2) is 0 Å². The maximum atomic E-state index is 14.3. The van der Waals surface area contributed by atoms with E-state index in [0.29, 0.717) is 39.1 Å². The van der Waals surface area contributed by atoms with Crippen LogP contribution in [0, 0.1) is 5.82 Å². The number of hydrogen-bond donors (Lipinski definition) is 2. The van der Waals surface area contributed by atoms with E-state index >= 15 is 0 Å². The summed E-state index contributed by atoms with van der Waals surface area (Å²) in [6.45, 7) is 7.88. The first-order chi connectivity index (χ1) is 13.6. The Morgan fingerprint density at radius 1 is 1.17 bits per heavy atom. The summed E-state index contributed by atoms with van der Waals surface area (Å²) in [6.07, 6.45) is 0.639. The number of benzene rings is 1. The molecule has 29 heavy (non-hydrogen) atoms. The second-order valence-electron chi connectivity index (χ2n) is 7.29. The van der Waals surface area contributed by atoms with E-state index in [1.54, 1.807) is 13.8 Å². The topological polar surface area (TPSA) is 98.8 Å². The minimum absolute atomic E-state index is 0.0751. The van der Waals surface area contributed by atoms with Crippen LogP contribution in [0.15, 0.2) is 23.1 Å². The van der Waals surface area contributed by atoms with Crippen LogP contribution in [-0.2, 0) is 14.8 Å². The summed E-state index contributed by atoms with van der Waals surface area (Å²) in [5.41, 5.74) is -0.270. The van der Waals surface area contributed by atoms with Crippen LogP contribution in [0.1, 0.15) is 37.6 Å². The number of carbonyl (C=O) groups is 2. The number of nitrogens with one attached hydrogen (secondary N) is 2. The first-order valence-corrected chi connectivity index (χ1v) is 11.2. The summed E-state index contributed by atoms with van der Waals surface area (Å²) >= 11 is 0. The fourth-order valence-electron chi connectivity index (χ4n) is 3.17. The molecule has 1 heterocycles. The van der Waals surface area contributed by atoms with Crippen molar-refractivity contribution in [1.29, 1.82) is 0 Å². The number of rotatable bonds is 7. The standard InChI is InChI=1S/C19H29FN4O4S/c1-4-21-18(25)13-23-8-5-9-24(11-10-23)19(26)16-12-15(6-7-17(16)20)29(27,28)22-14(2)3/h6-7,12,14,22H,4-5,8-11,13H2,1-3H3,(H,21,25). The highest BCUT2D eigenvalue weighted by Crippen LogP contribution is 2.18. The fourth-order valence-corrected chi connectivity index (χ4v) is 4.45. The van der Waals surface area contributed by atoms with E-state index in [1.165, 1.54) is 4.90 Å². The third-order valence-electron chi connectivity index (χ3n) is 4.49. The Morgan fingerprint density at radius 3 is 2.55 bits per heavy atom. The maximum absolute atomic E-state index is 14.3. The van der Waals surface area contributed by atoms with E-state index in [1.807, 2.05) is 11.8 Å². The van der Waals surface area contributed by atoms with Crippen molar-refractivity contribution in [2.24, 2.45) is 0 Å². The quantitative estimate of drug-likeness (QED) is 0.669. The molecule has 162 valence electrons. The lowest BCUT2D eigenvalue weighted by Crippen LogP contribution is -2.40. The highest BCUT2D eigenvalue weighted by atomic mass is 32.2. The van der Waals surface area contributed by atoms with E-state index in [0.717, 1.165) is 18.2 Å². The second-order valence-corrected chi connectivity index (χ2v) is 9.01. The average molecular weight is 429 g/mol. The highest BCUT2D eigenvalue weighted by Gasteiger charge is 2.25. The molecule has 0 saturated carbocycles. The smallest absolute Gasteiger partial charge is 0.256 e. The van der Waals surface area contributed by atoms with Crippen LogP contribution < -0.4 is 10.0 Å². The largest absolute Gasteiger partial charge is 0.355 e. The van der Waals surface area contributed by atoms with Crippen molar-refractivity contribution in [3.05, 3.63) is 29.6 Å². The van der Waals surface area contributed by atoms with E-state index in [2.05, 4.69) is 10.0 Å². The molecule has 1 aromatic carbocycles. The molecular formula is C19H29FN4O4S. The third-order valence-corrected chi connectivity index (χ3v) is 6.14. The minimum Gasteiger partial charge on any atom is -0.355 e. The Labute approximate surface area is 171 Å². The van der Waals surface area contributed by atoms with Gasteiger partial charge in [0, 0.05) is 38.8 Å². The number of amides is 2. The Balaban J connectivity index is 2.13. The lowest BCUT2D eigenvalue weighted by molar-refractivity contribution is -0.122. The molecule has 0 atom stereocenters. The van der Waals surface area contributed by atoms with Gasteiger partial charge in [-0.3, -0.25) is 14.5 Å². The van der Waals surface area contributed by atoms with Gasteiger partial charge < -0.3 is 10.2 Å². The van der Waals surface area contributed by atoms with Crippen molar-refractivity contribution in [3.8, 4) is 0 Å². The zero-order chi connectivity index (χ0) is 21.6. The van der Waals surface area contributed by atoms with Crippen LogP contribution in [0.2, 0.25) is 0 Å². The SMILES string of the molecule is CCNC(=O)CN1CCCN(C(=O)c2cc(S(=O)(=O)NC(C)C)ccc2F)CC1. The summed E-state index contributed by atoms with van der Waals surface area (Å²) in [4.78, 5) is 27.9. The van der Waals surface area contributed by atoms with Crippen LogP contribution >= 0.6 is 0 Å². The number of carbonyl (C=O) groups excluding carboxylic acids is 2. The summed E-state index contributed by atoms with van der Waals surface area (Å²) in [5.74, 6) is -1.39. The van der Waals surface area contributed by atoms with Crippen molar-refractivity contribution in [2.75, 3.05) is 39.3 Å². The van der Waals surface area contributed by atoms with Gasteiger partial charge in [0.25, 0.3) is 5.91 Å². The number of likely N-dealkylation sites (N-methyl/N-ethyl adjacent to an activating group) is 1. The molecule has 1 saturated heterocycles. The van der Waals surface area contributed by atoms with Crippen LogP contribution in [0.5, 0.6) is 0 Å². The molecule has 2 rings (SSSR count). The van der Waals surface area contributed by atoms with Crippen molar-refractivity contribution < 1.29 is 22.4 Å². The number of halogens is 1. The minimum atomic E-state index is -3.84. The van der Waals surface area contributed by atoms with Crippen LogP contribution in [-0.4, -0.2) is 75.3 Å². The van der Waals surface area contributed by atoms with Crippen LogP contribution in [0.4, 0.5) is 4.39 Å². The Bertz CT molecular complexity index is 845. The first kappa shape index (κ1) is 23.2. The van der Waals surface area contributed by atoms with Gasteiger partial charge in [-0.25, -0.2) is 17.5 Å². The van der Waals surface area contributed by atoms with E-state index in [9.17, 15) is 22.4 Å². The molecule has 0 spiro atoms. The zero-order valence-electron chi connectivity index (χ0n) is 17.1. The highest BCUT2D eigenvalue weighted by molar-refractivity contribution is 7.89. The fraction of sp³-hybridized carbons (Fsp3) is 0.579. The second kappa shape index (κ2) is 10.1. The molecule has 1 aromatic rings. The molecule has 2 amide bonds. The van der Waals surface area contributed by atoms with Crippen molar-refractivity contribution >= 4 is 21.8 Å². The molecule has 0 radical (unpaired) electrons. The summed E-state index contributed by atoms with van der Waals surface area (Å²) in [6, 6.07) is 2.90. The molecule has 8 nitrogen and oxygen atoms in total. The maximum Gasteiger partial charge on any atom is 0.256 e. The van der Waals surface area contributed by atoms with Crippen molar-refractivity contribution in [1.82, 2.24) is 19.8 Å². The number of nitrogens with zero attached hydrogens (tertiary/aromatic N) is 2. The molecule has 1 aliphatic heterocycles. The van der Waals surface area contributed by atoms with E-state index in [-0.39, 0.29) is 29.0 Å². The Kier molecular flexibility index (Phi) is 8.12. The Morgan fingerprint density at radius 2 is 1.90 bits per heavy atom. The predicted molar refractivity (Wildman–Crippen MR) is 108 cm³/mol. The molecule has 0 aliphatic carbocycles. The average Bonchev–Trinajstić information content (AvgIpc) is 2.86. The lowest BCUT2D eigenvalue weighted by Gasteiger charge is -2.22. The number of sulfonamides is 1. The molecule has 0 unspecified atom stereocenters. The van der Waals surface area contributed by atoms with Gasteiger partial charge in [-0.1, -0.05) is 0 Å². The van der Waals surface area contributed by atoms with Crippen LogP contribution in [0.3, 0.4) is 0 Å². The zero-order valence-corrected chi connectivity index (χ0v) is 17.9. The van der Waals surface area contributed by atoms with E-state index < -0.39 is 21.7 Å². The molecule has 2 N–H and O–H groups in total. The summed E-state index contributed by atoms with van der Waals surface area (Å²) in [7, 11) is -3.84. The van der Waals surface area contributed by atoms with Crippen LogP contribution in [0.25, 0.3) is 0 Å². The molecule has 10 heteroatoms. The molecular weight excluding hydrogens is 399 g/mol. The van der Waals surface area contributed by atoms with Gasteiger partial charge in [-0.2, -0.15) is 0 Å². The normalized spacial score (nSPS) is 16.0. The van der Waals surface area contributed by atoms with Gasteiger partial charge in [0.1, 0.15) is 5.82 Å².